The Morgan fingerprint density at radius 1 is 0.969 bits per heavy atom. The van der Waals surface area contributed by atoms with Crippen LogP contribution in [0.1, 0.15) is 46.1 Å². The van der Waals surface area contributed by atoms with Gasteiger partial charge in [-0.15, -0.1) is 0 Å². The van der Waals surface area contributed by atoms with Crippen LogP contribution >= 0.6 is 0 Å². The molecule has 0 aliphatic heterocycles. The van der Waals surface area contributed by atoms with Crippen LogP contribution in [-0.2, 0) is 30.5 Å². The van der Waals surface area contributed by atoms with Crippen LogP contribution in [0.5, 0.6) is 0 Å². The molecule has 0 spiro atoms. The van der Waals surface area contributed by atoms with E-state index in [1.54, 1.807) is 0 Å². The normalized spacial score (nSPS) is 13.4. The van der Waals surface area contributed by atoms with Gasteiger partial charge in [0, 0.05) is 0 Å². The molecular formula is C23H35N3O6. The molecule has 0 saturated carbocycles. The van der Waals surface area contributed by atoms with E-state index >= 15 is 0 Å². The summed E-state index contributed by atoms with van der Waals surface area (Å²) in [5, 5.41) is 7.79. The van der Waals surface area contributed by atoms with Crippen molar-refractivity contribution in [2.75, 3.05) is 13.7 Å². The maximum Gasteiger partial charge on any atom is 0.408 e. The van der Waals surface area contributed by atoms with Gasteiger partial charge >= 0.3 is 12.1 Å². The Hall–Kier alpha value is -3.10. The van der Waals surface area contributed by atoms with Crippen LogP contribution < -0.4 is 16.0 Å². The molecular weight excluding hydrogens is 414 g/mol. The highest BCUT2D eigenvalue weighted by molar-refractivity contribution is 5.92. The SMILES string of the molecule is CC[C@@H](C)[C@H](NC(=O)OCc1ccccc1)C(=O)N[C@@H](CC(C)C)C(=O)NCC(=O)OC. The largest absolute Gasteiger partial charge is 0.468 e. The van der Waals surface area contributed by atoms with Gasteiger partial charge in [0.05, 0.1) is 7.11 Å². The molecule has 32 heavy (non-hydrogen) atoms. The van der Waals surface area contributed by atoms with Crippen LogP contribution in [-0.4, -0.2) is 49.6 Å². The fourth-order valence-electron chi connectivity index (χ4n) is 2.91. The van der Waals surface area contributed by atoms with Gasteiger partial charge in [-0.3, -0.25) is 14.4 Å². The first kappa shape index (κ1) is 26.9. The number of nitrogens with one attached hydrogen (secondary N) is 3. The molecule has 0 bridgehead atoms. The number of benzene rings is 1. The van der Waals surface area contributed by atoms with Crippen molar-refractivity contribution in [1.29, 1.82) is 0 Å². The van der Waals surface area contributed by atoms with Crippen molar-refractivity contribution in [3.63, 3.8) is 0 Å². The van der Waals surface area contributed by atoms with E-state index in [0.717, 1.165) is 5.56 Å². The third kappa shape index (κ3) is 9.80. The third-order valence-electron chi connectivity index (χ3n) is 4.96. The molecule has 0 aliphatic carbocycles. The Kier molecular flexibility index (Phi) is 11.8. The summed E-state index contributed by atoms with van der Waals surface area (Å²) in [5.41, 5.74) is 0.825. The van der Waals surface area contributed by atoms with Gasteiger partial charge < -0.3 is 25.4 Å². The minimum absolute atomic E-state index is 0.0768. The Balaban J connectivity index is 2.80. The molecule has 1 aromatic carbocycles. The monoisotopic (exact) mass is 449 g/mol. The molecule has 9 nitrogen and oxygen atoms in total. The molecule has 3 atom stereocenters. The zero-order chi connectivity index (χ0) is 24.1. The number of methoxy groups -OCH3 is 1. The van der Waals surface area contributed by atoms with E-state index in [1.165, 1.54) is 7.11 Å². The van der Waals surface area contributed by atoms with Gasteiger partial charge in [-0.25, -0.2) is 4.79 Å². The summed E-state index contributed by atoms with van der Waals surface area (Å²) in [6.45, 7) is 7.34. The van der Waals surface area contributed by atoms with Crippen molar-refractivity contribution in [3.05, 3.63) is 35.9 Å². The molecule has 9 heteroatoms. The second-order valence-electron chi connectivity index (χ2n) is 8.05. The number of rotatable bonds is 12. The van der Waals surface area contributed by atoms with Gasteiger partial charge in [-0.2, -0.15) is 0 Å². The van der Waals surface area contributed by atoms with Gasteiger partial charge in [-0.05, 0) is 23.8 Å². The van der Waals surface area contributed by atoms with Gasteiger partial charge in [0.1, 0.15) is 25.2 Å². The molecule has 0 unspecified atom stereocenters. The van der Waals surface area contributed by atoms with Crippen molar-refractivity contribution in [3.8, 4) is 0 Å². The highest BCUT2D eigenvalue weighted by atomic mass is 16.5. The van der Waals surface area contributed by atoms with E-state index in [0.29, 0.717) is 12.8 Å². The van der Waals surface area contributed by atoms with Crippen LogP contribution in [0.25, 0.3) is 0 Å². The fourth-order valence-corrected chi connectivity index (χ4v) is 2.91. The van der Waals surface area contributed by atoms with Crippen LogP contribution in [0.2, 0.25) is 0 Å². The molecule has 0 fully saturated rings. The maximum absolute atomic E-state index is 13.0. The molecule has 1 aromatic rings. The van der Waals surface area contributed by atoms with Crippen LogP contribution in [0.3, 0.4) is 0 Å². The average Bonchev–Trinajstić information content (AvgIpc) is 2.78. The molecule has 0 aromatic heterocycles. The minimum Gasteiger partial charge on any atom is -0.468 e. The smallest absolute Gasteiger partial charge is 0.408 e. The first-order chi connectivity index (χ1) is 15.2. The van der Waals surface area contributed by atoms with Gasteiger partial charge in [-0.1, -0.05) is 64.4 Å². The summed E-state index contributed by atoms with van der Waals surface area (Å²) in [4.78, 5) is 49.2. The summed E-state index contributed by atoms with van der Waals surface area (Å²) < 4.78 is 9.76. The summed E-state index contributed by atoms with van der Waals surface area (Å²) in [6, 6.07) is 7.46. The van der Waals surface area contributed by atoms with Gasteiger partial charge in [0.15, 0.2) is 0 Å². The standard InChI is InChI=1S/C23H35N3O6/c1-6-16(4)20(26-23(30)32-14-17-10-8-7-9-11-17)22(29)25-18(12-15(2)3)21(28)24-13-19(27)31-5/h7-11,15-16,18,20H,6,12-14H2,1-5H3,(H,24,28)(H,25,29)(H,26,30)/t16-,18+,20+/m1/s1. The van der Waals surface area contributed by atoms with E-state index in [1.807, 2.05) is 58.0 Å². The summed E-state index contributed by atoms with van der Waals surface area (Å²) in [5.74, 6) is -1.66. The van der Waals surface area contributed by atoms with Gasteiger partial charge in [0.2, 0.25) is 11.8 Å². The predicted octanol–water partition coefficient (Wildman–Crippen LogP) is 2.15. The molecule has 3 amide bonds. The fraction of sp³-hybridized carbons (Fsp3) is 0.565. The van der Waals surface area contributed by atoms with E-state index in [4.69, 9.17) is 4.74 Å². The van der Waals surface area contributed by atoms with Crippen LogP contribution in [0, 0.1) is 11.8 Å². The number of hydrogen-bond donors (Lipinski definition) is 3. The molecule has 1 rings (SSSR count). The number of ether oxygens (including phenoxy) is 2. The van der Waals surface area contributed by atoms with Crippen molar-refractivity contribution in [2.24, 2.45) is 11.8 Å². The zero-order valence-corrected chi connectivity index (χ0v) is 19.5. The number of hydrogen-bond acceptors (Lipinski definition) is 6. The molecule has 3 N–H and O–H groups in total. The Bertz CT molecular complexity index is 753. The molecule has 0 heterocycles. The quantitative estimate of drug-likeness (QED) is 0.420. The number of amides is 3. The number of alkyl carbamates (subject to hydrolysis) is 1. The summed E-state index contributed by atoms with van der Waals surface area (Å²) in [6.07, 6.45) is 0.273. The lowest BCUT2D eigenvalue weighted by atomic mass is 9.97. The van der Waals surface area contributed by atoms with Crippen molar-refractivity contribution >= 4 is 23.9 Å². The topological polar surface area (TPSA) is 123 Å². The first-order valence-electron chi connectivity index (χ1n) is 10.8. The van der Waals surface area contributed by atoms with E-state index in [2.05, 4.69) is 20.7 Å². The van der Waals surface area contributed by atoms with Crippen molar-refractivity contribution < 1.29 is 28.7 Å². The Morgan fingerprint density at radius 2 is 1.62 bits per heavy atom. The summed E-state index contributed by atoms with van der Waals surface area (Å²) in [7, 11) is 1.22. The molecule has 0 aliphatic rings. The van der Waals surface area contributed by atoms with E-state index < -0.39 is 36.0 Å². The number of carbonyl (C=O) groups is 4. The number of carbonyl (C=O) groups excluding carboxylic acids is 4. The highest BCUT2D eigenvalue weighted by Gasteiger charge is 2.30. The third-order valence-corrected chi connectivity index (χ3v) is 4.96. The first-order valence-corrected chi connectivity index (χ1v) is 10.8. The van der Waals surface area contributed by atoms with Gasteiger partial charge in [0.25, 0.3) is 0 Å². The lowest BCUT2D eigenvalue weighted by Crippen LogP contribution is -2.56. The number of esters is 1. The lowest BCUT2D eigenvalue weighted by Gasteiger charge is -2.26. The molecule has 0 saturated heterocycles. The van der Waals surface area contributed by atoms with Crippen LogP contribution in [0.15, 0.2) is 30.3 Å². The average molecular weight is 450 g/mol. The summed E-state index contributed by atoms with van der Waals surface area (Å²) >= 11 is 0. The van der Waals surface area contributed by atoms with E-state index in [9.17, 15) is 19.2 Å². The maximum atomic E-state index is 13.0. The van der Waals surface area contributed by atoms with Crippen molar-refractivity contribution in [1.82, 2.24) is 16.0 Å². The second kappa shape index (κ2) is 14.1. The molecule has 0 radical (unpaired) electrons. The van der Waals surface area contributed by atoms with Crippen molar-refractivity contribution in [2.45, 2.75) is 59.2 Å². The zero-order valence-electron chi connectivity index (χ0n) is 19.5. The highest BCUT2D eigenvalue weighted by Crippen LogP contribution is 2.11. The van der Waals surface area contributed by atoms with E-state index in [-0.39, 0.29) is 25.0 Å². The predicted molar refractivity (Wildman–Crippen MR) is 119 cm³/mol. The molecule has 178 valence electrons. The Labute approximate surface area is 189 Å². The second-order valence-corrected chi connectivity index (χ2v) is 8.05. The lowest BCUT2D eigenvalue weighted by molar-refractivity contribution is -0.141. The Morgan fingerprint density at radius 3 is 2.19 bits per heavy atom. The minimum atomic E-state index is -0.883. The van der Waals surface area contributed by atoms with Crippen LogP contribution in [0.4, 0.5) is 4.79 Å².